The third kappa shape index (κ3) is 7.80. The molecule has 1 aliphatic heterocycles. The molecule has 2 atom stereocenters. The van der Waals surface area contributed by atoms with Crippen molar-refractivity contribution in [3.8, 4) is 0 Å². The van der Waals surface area contributed by atoms with E-state index >= 15 is 0 Å². The molecule has 1 saturated heterocycles. The molecule has 2 rings (SSSR count). The summed E-state index contributed by atoms with van der Waals surface area (Å²) in [7, 11) is 3.99. The molecule has 0 saturated carbocycles. The first-order valence-corrected chi connectivity index (χ1v) is 9.56. The molecule has 2 N–H and O–H groups in total. The highest BCUT2D eigenvalue weighted by molar-refractivity contribution is 14.0. The Hall–Kier alpha value is -0.860. The number of likely N-dealkylation sites (N-methyl/N-ethyl adjacent to an activating group) is 1. The maximum Gasteiger partial charge on any atom is 0.191 e. The first kappa shape index (κ1) is 23.2. The van der Waals surface area contributed by atoms with Crippen LogP contribution in [0.3, 0.4) is 0 Å². The van der Waals surface area contributed by atoms with Crippen molar-refractivity contribution in [3.63, 3.8) is 0 Å². The quantitative estimate of drug-likeness (QED) is 0.363. The van der Waals surface area contributed by atoms with Crippen molar-refractivity contribution in [1.82, 2.24) is 20.4 Å². The first-order valence-electron chi connectivity index (χ1n) is 9.56. The monoisotopic (exact) mass is 473 g/mol. The molecule has 0 bridgehead atoms. The lowest BCUT2D eigenvalue weighted by atomic mass is 9.97. The van der Waals surface area contributed by atoms with Crippen LogP contribution in [0.4, 0.5) is 0 Å². The lowest BCUT2D eigenvalue weighted by Crippen LogP contribution is -2.51. The highest BCUT2D eigenvalue weighted by atomic mass is 127. The number of nitrogens with one attached hydrogen (secondary N) is 2. The Morgan fingerprint density at radius 2 is 2.04 bits per heavy atom. The molecule has 148 valence electrons. The average molecular weight is 473 g/mol. The van der Waals surface area contributed by atoms with Crippen LogP contribution in [0.2, 0.25) is 0 Å². The summed E-state index contributed by atoms with van der Waals surface area (Å²) in [6.07, 6.45) is 2.31. The molecular weight excluding hydrogens is 437 g/mol. The normalized spacial score (nSPS) is 21.3. The summed E-state index contributed by atoms with van der Waals surface area (Å²) in [4.78, 5) is 9.26. The van der Waals surface area contributed by atoms with Crippen molar-refractivity contribution in [2.45, 2.75) is 45.3 Å². The Labute approximate surface area is 176 Å². The fraction of sp³-hybridized carbons (Fsp3) is 0.650. The van der Waals surface area contributed by atoms with Gasteiger partial charge in [0.1, 0.15) is 0 Å². The number of benzene rings is 1. The van der Waals surface area contributed by atoms with Crippen LogP contribution in [0.1, 0.15) is 32.3 Å². The van der Waals surface area contributed by atoms with Crippen LogP contribution in [-0.4, -0.2) is 68.1 Å². The second kappa shape index (κ2) is 12.5. The number of hydrogen-bond donors (Lipinski definition) is 2. The van der Waals surface area contributed by atoms with E-state index in [2.05, 4.69) is 76.7 Å². The summed E-state index contributed by atoms with van der Waals surface area (Å²) >= 11 is 0. The summed E-state index contributed by atoms with van der Waals surface area (Å²) in [5.74, 6) is 0.929. The van der Waals surface area contributed by atoms with E-state index in [1.807, 2.05) is 7.05 Å². The van der Waals surface area contributed by atoms with Crippen LogP contribution in [-0.2, 0) is 6.54 Å². The molecule has 1 aromatic rings. The Morgan fingerprint density at radius 1 is 1.31 bits per heavy atom. The van der Waals surface area contributed by atoms with Crippen molar-refractivity contribution in [2.75, 3.05) is 40.3 Å². The van der Waals surface area contributed by atoms with Crippen molar-refractivity contribution >= 4 is 29.9 Å². The lowest BCUT2D eigenvalue weighted by molar-refractivity contribution is 0.134. The molecular formula is C20H36IN5. The van der Waals surface area contributed by atoms with Gasteiger partial charge in [-0.2, -0.15) is 0 Å². The van der Waals surface area contributed by atoms with Crippen LogP contribution >= 0.6 is 24.0 Å². The number of guanidine groups is 1. The molecule has 1 fully saturated rings. The summed E-state index contributed by atoms with van der Waals surface area (Å²) in [5.41, 5.74) is 1.40. The predicted octanol–water partition coefficient (Wildman–Crippen LogP) is 2.77. The molecule has 2 unspecified atom stereocenters. The van der Waals surface area contributed by atoms with Gasteiger partial charge in [0.25, 0.3) is 0 Å². The number of aliphatic imine (C=N–C) groups is 1. The third-order valence-corrected chi connectivity index (χ3v) is 5.13. The molecule has 1 aliphatic rings. The van der Waals surface area contributed by atoms with Crippen LogP contribution in [0.25, 0.3) is 0 Å². The van der Waals surface area contributed by atoms with Gasteiger partial charge in [0.2, 0.25) is 0 Å². The minimum atomic E-state index is 0. The zero-order valence-corrected chi connectivity index (χ0v) is 19.1. The molecule has 0 radical (unpaired) electrons. The van der Waals surface area contributed by atoms with E-state index in [0.29, 0.717) is 12.1 Å². The maximum atomic E-state index is 4.38. The van der Waals surface area contributed by atoms with Gasteiger partial charge in [-0.1, -0.05) is 37.3 Å². The molecule has 6 heteroatoms. The largest absolute Gasteiger partial charge is 0.355 e. The van der Waals surface area contributed by atoms with E-state index in [1.54, 1.807) is 0 Å². The predicted molar refractivity (Wildman–Crippen MR) is 122 cm³/mol. The number of halogens is 1. The molecule has 1 heterocycles. The van der Waals surface area contributed by atoms with Crippen molar-refractivity contribution in [3.05, 3.63) is 35.9 Å². The Kier molecular flexibility index (Phi) is 11.2. The van der Waals surface area contributed by atoms with E-state index < -0.39 is 0 Å². The van der Waals surface area contributed by atoms with Crippen molar-refractivity contribution in [2.24, 2.45) is 4.99 Å². The Bertz CT molecular complexity index is 522. The topological polar surface area (TPSA) is 42.9 Å². The fourth-order valence-electron chi connectivity index (χ4n) is 3.32. The number of nitrogens with zero attached hydrogens (tertiary/aromatic N) is 3. The van der Waals surface area contributed by atoms with Gasteiger partial charge in [0.05, 0.1) is 0 Å². The summed E-state index contributed by atoms with van der Waals surface area (Å²) < 4.78 is 0. The maximum absolute atomic E-state index is 4.38. The minimum absolute atomic E-state index is 0. The highest BCUT2D eigenvalue weighted by Gasteiger charge is 2.25. The smallest absolute Gasteiger partial charge is 0.191 e. The van der Waals surface area contributed by atoms with E-state index in [4.69, 9.17) is 0 Å². The Morgan fingerprint density at radius 3 is 2.65 bits per heavy atom. The average Bonchev–Trinajstić information content (AvgIpc) is 2.63. The molecule has 26 heavy (non-hydrogen) atoms. The summed E-state index contributed by atoms with van der Waals surface area (Å²) in [5, 5.41) is 7.04. The standard InChI is InChI=1S/C20H35N5.HI/c1-5-24(4)14-12-22-20(21-3)23-19-11-13-25(17(2)15-19)16-18-9-7-6-8-10-18;/h6-10,17,19H,5,11-16H2,1-4H3,(H2,21,22,23);1H. The van der Waals surface area contributed by atoms with Gasteiger partial charge in [-0.05, 0) is 38.9 Å². The second-order valence-electron chi connectivity index (χ2n) is 7.07. The third-order valence-electron chi connectivity index (χ3n) is 5.13. The van der Waals surface area contributed by atoms with E-state index in [9.17, 15) is 0 Å². The van der Waals surface area contributed by atoms with E-state index in [-0.39, 0.29) is 24.0 Å². The van der Waals surface area contributed by atoms with Gasteiger partial charge < -0.3 is 15.5 Å². The number of piperidine rings is 1. The number of likely N-dealkylation sites (tertiary alicyclic amines) is 1. The van der Waals surface area contributed by atoms with Gasteiger partial charge >= 0.3 is 0 Å². The van der Waals surface area contributed by atoms with Gasteiger partial charge in [0.15, 0.2) is 5.96 Å². The summed E-state index contributed by atoms with van der Waals surface area (Å²) in [6.45, 7) is 9.72. The minimum Gasteiger partial charge on any atom is -0.355 e. The number of hydrogen-bond acceptors (Lipinski definition) is 3. The van der Waals surface area contributed by atoms with Crippen LogP contribution in [0, 0.1) is 0 Å². The Balaban J connectivity index is 0.00000338. The van der Waals surface area contributed by atoms with Gasteiger partial charge in [-0.25, -0.2) is 0 Å². The van der Waals surface area contributed by atoms with Gasteiger partial charge in [-0.3, -0.25) is 9.89 Å². The van der Waals surface area contributed by atoms with Crippen LogP contribution in [0.5, 0.6) is 0 Å². The van der Waals surface area contributed by atoms with Crippen LogP contribution in [0.15, 0.2) is 35.3 Å². The zero-order valence-electron chi connectivity index (χ0n) is 16.7. The molecule has 1 aromatic carbocycles. The first-order chi connectivity index (χ1) is 12.1. The van der Waals surface area contributed by atoms with Crippen molar-refractivity contribution < 1.29 is 0 Å². The van der Waals surface area contributed by atoms with Crippen molar-refractivity contribution in [1.29, 1.82) is 0 Å². The zero-order chi connectivity index (χ0) is 18.1. The van der Waals surface area contributed by atoms with Crippen LogP contribution < -0.4 is 10.6 Å². The second-order valence-corrected chi connectivity index (χ2v) is 7.07. The highest BCUT2D eigenvalue weighted by Crippen LogP contribution is 2.19. The fourth-order valence-corrected chi connectivity index (χ4v) is 3.32. The molecule has 0 spiro atoms. The number of rotatable bonds is 7. The summed E-state index contributed by atoms with van der Waals surface area (Å²) in [6, 6.07) is 11.8. The molecule has 0 amide bonds. The van der Waals surface area contributed by atoms with E-state index in [0.717, 1.165) is 51.5 Å². The molecule has 0 aromatic heterocycles. The van der Waals surface area contributed by atoms with Gasteiger partial charge in [0, 0.05) is 45.3 Å². The molecule has 0 aliphatic carbocycles. The van der Waals surface area contributed by atoms with E-state index in [1.165, 1.54) is 5.56 Å². The lowest BCUT2D eigenvalue weighted by Gasteiger charge is -2.38. The van der Waals surface area contributed by atoms with Gasteiger partial charge in [-0.15, -0.1) is 24.0 Å². The SMILES string of the molecule is CCN(C)CCNC(=NC)NC1CCN(Cc2ccccc2)C(C)C1.I. The molecule has 5 nitrogen and oxygen atoms in total.